The third-order valence-electron chi connectivity index (χ3n) is 4.95. The molecular weight excluding hydrogens is 468 g/mol. The van der Waals surface area contributed by atoms with Gasteiger partial charge in [-0.2, -0.15) is 0 Å². The lowest BCUT2D eigenvalue weighted by atomic mass is 10.2. The lowest BCUT2D eigenvalue weighted by molar-refractivity contribution is -0.116. The summed E-state index contributed by atoms with van der Waals surface area (Å²) in [6.45, 7) is 4.93. The topological polar surface area (TPSA) is 128 Å². The van der Waals surface area contributed by atoms with Gasteiger partial charge in [-0.3, -0.25) is 14.2 Å². The number of hydrogen-bond acceptors (Lipinski definition) is 8. The van der Waals surface area contributed by atoms with Crippen molar-refractivity contribution in [1.82, 2.24) is 13.9 Å². The molecule has 33 heavy (non-hydrogen) atoms. The van der Waals surface area contributed by atoms with E-state index < -0.39 is 27.5 Å². The predicted octanol–water partition coefficient (Wildman–Crippen LogP) is 2.14. The van der Waals surface area contributed by atoms with Crippen LogP contribution in [0.1, 0.15) is 27.7 Å². The summed E-state index contributed by atoms with van der Waals surface area (Å²) in [6, 6.07) is 4.43. The molecule has 10 nitrogen and oxygen atoms in total. The molecule has 0 saturated carbocycles. The number of benzene rings is 1. The molecule has 1 N–H and O–H groups in total. The number of anilines is 1. The molecule has 0 spiro atoms. The van der Waals surface area contributed by atoms with Gasteiger partial charge in [0.05, 0.1) is 23.2 Å². The van der Waals surface area contributed by atoms with Gasteiger partial charge in [0.25, 0.3) is 5.56 Å². The highest BCUT2D eigenvalue weighted by molar-refractivity contribution is 7.89. The number of sulfonamides is 1. The second kappa shape index (κ2) is 9.41. The molecule has 0 aliphatic rings. The molecule has 0 aliphatic carbocycles. The zero-order valence-electron chi connectivity index (χ0n) is 18.8. The molecule has 2 aromatic heterocycles. The van der Waals surface area contributed by atoms with Crippen LogP contribution >= 0.6 is 11.3 Å². The third kappa shape index (κ3) is 4.82. The molecule has 3 aromatic rings. The maximum absolute atomic E-state index is 13.0. The lowest BCUT2D eigenvalue weighted by Crippen LogP contribution is -2.28. The van der Waals surface area contributed by atoms with Gasteiger partial charge in [-0.05, 0) is 44.0 Å². The Hall–Kier alpha value is -3.09. The number of nitrogens with zero attached hydrogens (tertiary/aromatic N) is 3. The van der Waals surface area contributed by atoms with E-state index in [4.69, 9.17) is 4.74 Å². The van der Waals surface area contributed by atoms with E-state index in [0.29, 0.717) is 26.5 Å². The molecule has 176 valence electrons. The number of rotatable bonds is 7. The van der Waals surface area contributed by atoms with Crippen LogP contribution in [0.25, 0.3) is 10.2 Å². The van der Waals surface area contributed by atoms with E-state index in [1.165, 1.54) is 32.6 Å². The largest absolute Gasteiger partial charge is 0.462 e. The van der Waals surface area contributed by atoms with Gasteiger partial charge in [-0.25, -0.2) is 22.5 Å². The molecule has 2 heterocycles. The van der Waals surface area contributed by atoms with Crippen molar-refractivity contribution in [2.45, 2.75) is 32.2 Å². The molecule has 0 atom stereocenters. The summed E-state index contributed by atoms with van der Waals surface area (Å²) in [5.41, 5.74) is 0.981. The average Bonchev–Trinajstić information content (AvgIpc) is 3.09. The van der Waals surface area contributed by atoms with Gasteiger partial charge in [-0.15, -0.1) is 11.3 Å². The molecular formula is C21H24N4O6S2. The maximum atomic E-state index is 13.0. The van der Waals surface area contributed by atoms with Gasteiger partial charge >= 0.3 is 5.97 Å². The Labute approximate surface area is 194 Å². The maximum Gasteiger partial charge on any atom is 0.348 e. The molecule has 0 radical (unpaired) electrons. The first-order valence-corrected chi connectivity index (χ1v) is 12.2. The smallest absolute Gasteiger partial charge is 0.348 e. The minimum Gasteiger partial charge on any atom is -0.462 e. The molecule has 0 fully saturated rings. The van der Waals surface area contributed by atoms with Crippen LogP contribution in [0.4, 0.5) is 5.69 Å². The van der Waals surface area contributed by atoms with Crippen molar-refractivity contribution < 1.29 is 22.7 Å². The normalized spacial score (nSPS) is 11.7. The van der Waals surface area contributed by atoms with Crippen LogP contribution in [0, 0.1) is 13.8 Å². The van der Waals surface area contributed by atoms with Crippen LogP contribution in [0.5, 0.6) is 0 Å². The summed E-state index contributed by atoms with van der Waals surface area (Å²) < 4.78 is 32.0. The van der Waals surface area contributed by atoms with Crippen molar-refractivity contribution in [2.24, 2.45) is 0 Å². The van der Waals surface area contributed by atoms with E-state index in [9.17, 15) is 22.8 Å². The zero-order chi connectivity index (χ0) is 24.5. The molecule has 3 rings (SSSR count). The molecule has 0 saturated heterocycles. The van der Waals surface area contributed by atoms with Crippen LogP contribution in [-0.4, -0.2) is 54.9 Å². The lowest BCUT2D eigenvalue weighted by Gasteiger charge is -2.14. The van der Waals surface area contributed by atoms with Gasteiger partial charge < -0.3 is 10.1 Å². The number of thiophene rings is 1. The number of aryl methyl sites for hydroxylation is 2. The Kier molecular flexibility index (Phi) is 7.00. The Morgan fingerprint density at radius 3 is 2.58 bits per heavy atom. The SMILES string of the molecule is CCOC(=O)c1sc2ncn(CC(=O)Nc3cc(S(=O)(=O)N(C)C)ccc3C)c(=O)c2c1C. The summed E-state index contributed by atoms with van der Waals surface area (Å²) in [5.74, 6) is -1.05. The van der Waals surface area contributed by atoms with E-state index in [-0.39, 0.29) is 23.4 Å². The standard InChI is InChI=1S/C21H24N4O6S2/c1-6-31-21(28)18-13(3)17-19(32-18)22-11-25(20(17)27)10-16(26)23-15-9-14(8-7-12(15)2)33(29,30)24(4)5/h7-9,11H,6,10H2,1-5H3,(H,23,26). The molecule has 0 bridgehead atoms. The Morgan fingerprint density at radius 1 is 1.24 bits per heavy atom. The fraction of sp³-hybridized carbons (Fsp3) is 0.333. The number of carbonyl (C=O) groups is 2. The Balaban J connectivity index is 1.89. The fourth-order valence-corrected chi connectivity index (χ4v) is 5.08. The molecule has 0 aliphatic heterocycles. The van der Waals surface area contributed by atoms with Crippen LogP contribution < -0.4 is 10.9 Å². The van der Waals surface area contributed by atoms with Gasteiger partial charge in [0.2, 0.25) is 15.9 Å². The van der Waals surface area contributed by atoms with Crippen molar-refractivity contribution in [3.8, 4) is 0 Å². The summed E-state index contributed by atoms with van der Waals surface area (Å²) in [7, 11) is -0.837. The highest BCUT2D eigenvalue weighted by Gasteiger charge is 2.22. The van der Waals surface area contributed by atoms with Gasteiger partial charge in [0.15, 0.2) is 0 Å². The third-order valence-corrected chi connectivity index (χ3v) is 7.94. The van der Waals surface area contributed by atoms with Crippen molar-refractivity contribution >= 4 is 49.1 Å². The van der Waals surface area contributed by atoms with Gasteiger partial charge in [0.1, 0.15) is 16.3 Å². The molecule has 0 unspecified atom stereocenters. The van der Waals surface area contributed by atoms with Crippen LogP contribution in [-0.2, 0) is 26.1 Å². The minimum absolute atomic E-state index is 0.0362. The van der Waals surface area contributed by atoms with Crippen LogP contribution in [0.2, 0.25) is 0 Å². The second-order valence-electron chi connectivity index (χ2n) is 7.45. The molecule has 12 heteroatoms. The van der Waals surface area contributed by atoms with Crippen LogP contribution in [0.15, 0.2) is 34.2 Å². The number of aromatic nitrogens is 2. The number of hydrogen-bond donors (Lipinski definition) is 1. The molecule has 1 aromatic carbocycles. The highest BCUT2D eigenvalue weighted by Crippen LogP contribution is 2.27. The van der Waals surface area contributed by atoms with E-state index in [0.717, 1.165) is 20.2 Å². The molecule has 1 amide bonds. The number of ether oxygens (including phenoxy) is 1. The number of carbonyl (C=O) groups excluding carboxylic acids is 2. The van der Waals surface area contributed by atoms with Crippen molar-refractivity contribution in [3.05, 3.63) is 50.9 Å². The van der Waals surface area contributed by atoms with Gasteiger partial charge in [0, 0.05) is 19.8 Å². The van der Waals surface area contributed by atoms with Crippen LogP contribution in [0.3, 0.4) is 0 Å². The van der Waals surface area contributed by atoms with Crippen molar-refractivity contribution in [1.29, 1.82) is 0 Å². The Morgan fingerprint density at radius 2 is 1.94 bits per heavy atom. The van der Waals surface area contributed by atoms with E-state index in [1.54, 1.807) is 26.8 Å². The summed E-state index contributed by atoms with van der Waals surface area (Å²) in [4.78, 5) is 42.7. The summed E-state index contributed by atoms with van der Waals surface area (Å²) in [6.07, 6.45) is 1.24. The van der Waals surface area contributed by atoms with Crippen molar-refractivity contribution in [2.75, 3.05) is 26.0 Å². The van der Waals surface area contributed by atoms with Gasteiger partial charge in [-0.1, -0.05) is 6.07 Å². The second-order valence-corrected chi connectivity index (χ2v) is 10.6. The highest BCUT2D eigenvalue weighted by atomic mass is 32.2. The summed E-state index contributed by atoms with van der Waals surface area (Å²) >= 11 is 1.06. The first kappa shape index (κ1) is 24.6. The van der Waals surface area contributed by atoms with Crippen molar-refractivity contribution in [3.63, 3.8) is 0 Å². The minimum atomic E-state index is -3.68. The quantitative estimate of drug-likeness (QED) is 0.501. The Bertz CT molecular complexity index is 1410. The number of fused-ring (bicyclic) bond motifs is 1. The zero-order valence-corrected chi connectivity index (χ0v) is 20.5. The predicted molar refractivity (Wildman–Crippen MR) is 125 cm³/mol. The van der Waals surface area contributed by atoms with E-state index in [2.05, 4.69) is 10.3 Å². The monoisotopic (exact) mass is 492 g/mol. The average molecular weight is 493 g/mol. The summed E-state index contributed by atoms with van der Waals surface area (Å²) in [5, 5.41) is 2.92. The number of esters is 1. The number of amides is 1. The number of nitrogens with one attached hydrogen (secondary N) is 1. The first-order chi connectivity index (χ1) is 15.5. The fourth-order valence-electron chi connectivity index (χ4n) is 3.11. The van der Waals surface area contributed by atoms with E-state index >= 15 is 0 Å². The first-order valence-electron chi connectivity index (χ1n) is 9.96. The van der Waals surface area contributed by atoms with E-state index in [1.807, 2.05) is 0 Å².